The molecule has 38 heavy (non-hydrogen) atoms. The number of halogens is 1. The molecule has 7 aromatic rings. The van der Waals surface area contributed by atoms with Crippen molar-refractivity contribution in [1.82, 2.24) is 15.0 Å². The second kappa shape index (κ2) is 9.60. The maximum atomic E-state index is 4.85. The predicted octanol–water partition coefficient (Wildman–Crippen LogP) is 9.67. The zero-order chi connectivity index (χ0) is 25.5. The lowest BCUT2D eigenvalue weighted by molar-refractivity contribution is 1.07. The van der Waals surface area contributed by atoms with Gasteiger partial charge < -0.3 is 0 Å². The van der Waals surface area contributed by atoms with Gasteiger partial charge in [-0.15, -0.1) is 11.3 Å². The molecule has 0 bridgehead atoms. The van der Waals surface area contributed by atoms with E-state index >= 15 is 0 Å². The number of nitrogens with zero attached hydrogens (tertiary/aromatic N) is 3. The molecule has 0 aliphatic heterocycles. The van der Waals surface area contributed by atoms with Gasteiger partial charge in [0.1, 0.15) is 0 Å². The first-order valence-electron chi connectivity index (χ1n) is 12.3. The van der Waals surface area contributed by atoms with Crippen LogP contribution in [-0.2, 0) is 0 Å². The molecule has 0 aliphatic rings. The lowest BCUT2D eigenvalue weighted by Crippen LogP contribution is -2.00. The van der Waals surface area contributed by atoms with Crippen molar-refractivity contribution in [3.8, 4) is 45.3 Å². The van der Waals surface area contributed by atoms with Crippen LogP contribution in [-0.4, -0.2) is 15.0 Å². The van der Waals surface area contributed by atoms with Gasteiger partial charge in [0.2, 0.25) is 0 Å². The molecule has 0 aliphatic carbocycles. The second-order valence-electron chi connectivity index (χ2n) is 9.07. The summed E-state index contributed by atoms with van der Waals surface area (Å²) in [7, 11) is 0. The van der Waals surface area contributed by atoms with Crippen LogP contribution in [0.3, 0.4) is 0 Å². The largest absolute Gasteiger partial charge is 0.208 e. The number of aromatic nitrogens is 3. The van der Waals surface area contributed by atoms with E-state index in [1.165, 1.54) is 25.7 Å². The summed E-state index contributed by atoms with van der Waals surface area (Å²) >= 11 is 5.42. The van der Waals surface area contributed by atoms with Crippen molar-refractivity contribution in [3.05, 3.63) is 126 Å². The molecule has 7 rings (SSSR count). The maximum Gasteiger partial charge on any atom is 0.164 e. The molecular weight excluding hydrogens is 550 g/mol. The van der Waals surface area contributed by atoms with Crippen molar-refractivity contribution >= 4 is 47.4 Å². The highest BCUT2D eigenvalue weighted by Crippen LogP contribution is 2.38. The molecule has 0 saturated heterocycles. The number of benzene rings is 5. The van der Waals surface area contributed by atoms with Gasteiger partial charge in [-0.05, 0) is 29.3 Å². The van der Waals surface area contributed by atoms with Gasteiger partial charge in [0, 0.05) is 41.3 Å². The van der Waals surface area contributed by atoms with Crippen LogP contribution in [0.5, 0.6) is 0 Å². The fourth-order valence-electron chi connectivity index (χ4n) is 4.68. The van der Waals surface area contributed by atoms with Crippen LogP contribution in [0.2, 0.25) is 0 Å². The Labute approximate surface area is 232 Å². The Morgan fingerprint density at radius 3 is 1.45 bits per heavy atom. The number of rotatable bonds is 4. The fraction of sp³-hybridized carbons (Fsp3) is 0. The molecule has 2 aromatic heterocycles. The maximum absolute atomic E-state index is 4.85. The van der Waals surface area contributed by atoms with E-state index in [-0.39, 0.29) is 0 Å². The Kier molecular flexibility index (Phi) is 5.80. The Morgan fingerprint density at radius 1 is 0.421 bits per heavy atom. The third-order valence-corrected chi connectivity index (χ3v) is 8.22. The molecule has 5 heteroatoms. The molecule has 0 amide bonds. The summed E-state index contributed by atoms with van der Waals surface area (Å²) in [5, 5.41) is 2.60. The highest BCUT2D eigenvalue weighted by Gasteiger charge is 2.13. The van der Waals surface area contributed by atoms with Gasteiger partial charge in [0.25, 0.3) is 0 Å². The molecule has 3 nitrogen and oxygen atoms in total. The van der Waals surface area contributed by atoms with Crippen molar-refractivity contribution in [3.63, 3.8) is 0 Å². The Balaban J connectivity index is 1.28. The average Bonchev–Trinajstić information content (AvgIpc) is 3.34. The first-order chi connectivity index (χ1) is 18.7. The third kappa shape index (κ3) is 4.30. The van der Waals surface area contributed by atoms with Crippen LogP contribution < -0.4 is 0 Å². The Hall–Kier alpha value is -4.19. The molecule has 0 fully saturated rings. The smallest absolute Gasteiger partial charge is 0.164 e. The summed E-state index contributed by atoms with van der Waals surface area (Å²) in [5.74, 6) is 2.00. The van der Waals surface area contributed by atoms with Gasteiger partial charge in [-0.25, -0.2) is 15.0 Å². The van der Waals surface area contributed by atoms with Crippen molar-refractivity contribution < 1.29 is 0 Å². The average molecular weight is 571 g/mol. The first-order valence-corrected chi connectivity index (χ1v) is 13.9. The number of fused-ring (bicyclic) bond motifs is 3. The van der Waals surface area contributed by atoms with Gasteiger partial charge in [-0.2, -0.15) is 0 Å². The van der Waals surface area contributed by atoms with Crippen LogP contribution in [0.4, 0.5) is 0 Å². The van der Waals surface area contributed by atoms with Crippen LogP contribution >= 0.6 is 27.3 Å². The molecule has 5 aromatic carbocycles. The van der Waals surface area contributed by atoms with Gasteiger partial charge in [0.15, 0.2) is 17.5 Å². The van der Waals surface area contributed by atoms with Crippen LogP contribution in [0.1, 0.15) is 0 Å². The lowest BCUT2D eigenvalue weighted by atomic mass is 10.0. The van der Waals surface area contributed by atoms with E-state index in [0.29, 0.717) is 17.5 Å². The number of hydrogen-bond donors (Lipinski definition) is 0. The van der Waals surface area contributed by atoms with Crippen molar-refractivity contribution in [1.29, 1.82) is 0 Å². The minimum absolute atomic E-state index is 0.662. The molecule has 0 radical (unpaired) electrons. The van der Waals surface area contributed by atoms with Gasteiger partial charge in [-0.1, -0.05) is 119 Å². The van der Waals surface area contributed by atoms with Gasteiger partial charge in [-0.3, -0.25) is 0 Å². The Bertz CT molecular complexity index is 1860. The van der Waals surface area contributed by atoms with E-state index < -0.39 is 0 Å². The highest BCUT2D eigenvalue weighted by atomic mass is 79.9. The zero-order valence-corrected chi connectivity index (χ0v) is 22.6. The molecule has 0 unspecified atom stereocenters. The summed E-state index contributed by atoms with van der Waals surface area (Å²) in [5.41, 5.74) is 5.25. The standard InChI is InChI=1S/C33H20BrN3S/c34-26-16-18-28-27-17-15-25(19-29(27)38-30(28)20-26)21-11-13-24(14-12-21)33-36-31(22-7-3-1-4-8-22)35-32(37-33)23-9-5-2-6-10-23/h1-20H. The molecule has 2 heterocycles. The fourth-order valence-corrected chi connectivity index (χ4v) is 6.38. The van der Waals surface area contributed by atoms with E-state index in [1.54, 1.807) is 0 Å². The summed E-state index contributed by atoms with van der Waals surface area (Å²) in [6.45, 7) is 0. The molecular formula is C33H20BrN3S. The van der Waals surface area contributed by atoms with E-state index in [9.17, 15) is 0 Å². The van der Waals surface area contributed by atoms with E-state index in [1.807, 2.05) is 72.0 Å². The highest BCUT2D eigenvalue weighted by molar-refractivity contribution is 9.10. The summed E-state index contributed by atoms with van der Waals surface area (Å²) in [6.07, 6.45) is 0. The van der Waals surface area contributed by atoms with E-state index in [2.05, 4.69) is 76.6 Å². The molecule has 0 atom stereocenters. The van der Waals surface area contributed by atoms with E-state index in [0.717, 1.165) is 26.7 Å². The topological polar surface area (TPSA) is 38.7 Å². The van der Waals surface area contributed by atoms with E-state index in [4.69, 9.17) is 15.0 Å². The van der Waals surface area contributed by atoms with Crippen molar-refractivity contribution in [2.45, 2.75) is 0 Å². The van der Waals surface area contributed by atoms with Crippen molar-refractivity contribution in [2.24, 2.45) is 0 Å². The van der Waals surface area contributed by atoms with Gasteiger partial charge >= 0.3 is 0 Å². The van der Waals surface area contributed by atoms with Gasteiger partial charge in [0.05, 0.1) is 0 Å². The monoisotopic (exact) mass is 569 g/mol. The predicted molar refractivity (Wildman–Crippen MR) is 162 cm³/mol. The molecule has 0 N–H and O–H groups in total. The SMILES string of the molecule is Brc1ccc2c(c1)sc1cc(-c3ccc(-c4nc(-c5ccccc5)nc(-c5ccccc5)n4)cc3)ccc12. The van der Waals surface area contributed by atoms with Crippen LogP contribution in [0, 0.1) is 0 Å². The second-order valence-corrected chi connectivity index (χ2v) is 11.1. The summed E-state index contributed by atoms with van der Waals surface area (Å²) in [4.78, 5) is 14.5. The van der Waals surface area contributed by atoms with Crippen LogP contribution in [0.25, 0.3) is 65.5 Å². The molecule has 0 spiro atoms. The number of thiophene rings is 1. The summed E-state index contributed by atoms with van der Waals surface area (Å²) in [6, 6.07) is 41.8. The third-order valence-electron chi connectivity index (χ3n) is 6.61. The normalized spacial score (nSPS) is 11.3. The number of hydrogen-bond acceptors (Lipinski definition) is 4. The Morgan fingerprint density at radius 2 is 0.868 bits per heavy atom. The van der Waals surface area contributed by atoms with Crippen LogP contribution in [0.15, 0.2) is 126 Å². The summed E-state index contributed by atoms with van der Waals surface area (Å²) < 4.78 is 3.69. The molecule has 180 valence electrons. The quantitative estimate of drug-likeness (QED) is 0.212. The molecule has 0 saturated carbocycles. The minimum Gasteiger partial charge on any atom is -0.208 e. The zero-order valence-electron chi connectivity index (χ0n) is 20.2. The lowest BCUT2D eigenvalue weighted by Gasteiger charge is -2.09. The minimum atomic E-state index is 0.662. The first kappa shape index (κ1) is 23.0. The van der Waals surface area contributed by atoms with Crippen molar-refractivity contribution in [2.75, 3.05) is 0 Å².